The number of nitrogens with one attached hydrogen (secondary N) is 1. The molecule has 0 amide bonds. The number of rotatable bonds is 5. The number of ether oxygens (including phenoxy) is 1. The van der Waals surface area contributed by atoms with Gasteiger partial charge in [-0.2, -0.15) is 0 Å². The molecule has 14 heavy (non-hydrogen) atoms. The summed E-state index contributed by atoms with van der Waals surface area (Å²) in [4.78, 5) is 0. The van der Waals surface area contributed by atoms with Crippen LogP contribution in [-0.4, -0.2) is 13.2 Å². The average Bonchev–Trinajstić information content (AvgIpc) is 2.20. The van der Waals surface area contributed by atoms with Crippen LogP contribution in [0.3, 0.4) is 0 Å². The van der Waals surface area contributed by atoms with E-state index in [2.05, 4.69) is 31.3 Å². The fourth-order valence-corrected chi connectivity index (χ4v) is 1.44. The van der Waals surface area contributed by atoms with Gasteiger partial charge in [-0.25, -0.2) is 0 Å². The van der Waals surface area contributed by atoms with Crippen LogP contribution in [0.4, 0.5) is 0 Å². The van der Waals surface area contributed by atoms with Gasteiger partial charge < -0.3 is 10.1 Å². The van der Waals surface area contributed by atoms with E-state index in [0.717, 1.165) is 18.9 Å². The first-order valence-corrected chi connectivity index (χ1v) is 5.24. The molecule has 0 aliphatic carbocycles. The largest absolute Gasteiger partial charge is 0.494 e. The van der Waals surface area contributed by atoms with Gasteiger partial charge >= 0.3 is 0 Å². The summed E-state index contributed by atoms with van der Waals surface area (Å²) in [6, 6.07) is 8.67. The second-order valence-electron chi connectivity index (χ2n) is 3.28. The molecule has 0 saturated heterocycles. The van der Waals surface area contributed by atoms with Crippen molar-refractivity contribution in [2.24, 2.45) is 0 Å². The Morgan fingerprint density at radius 1 is 1.21 bits per heavy atom. The van der Waals surface area contributed by atoms with Crippen molar-refractivity contribution < 1.29 is 4.74 Å². The molecule has 0 unspecified atom stereocenters. The predicted molar refractivity (Wildman–Crippen MR) is 59.7 cm³/mol. The molecule has 1 atom stereocenters. The minimum Gasteiger partial charge on any atom is -0.494 e. The standard InChI is InChI=1S/C12H19NO/c1-4-13-10(3)11-6-8-12(9-7-11)14-5-2/h6-10,13H,4-5H2,1-3H3/t10-/m0/s1. The van der Waals surface area contributed by atoms with Crippen LogP contribution >= 0.6 is 0 Å². The Bertz CT molecular complexity index is 256. The summed E-state index contributed by atoms with van der Waals surface area (Å²) < 4.78 is 5.38. The number of hydrogen-bond acceptors (Lipinski definition) is 2. The molecule has 0 bridgehead atoms. The molecule has 0 saturated carbocycles. The van der Waals surface area contributed by atoms with Crippen molar-refractivity contribution in [3.63, 3.8) is 0 Å². The van der Waals surface area contributed by atoms with Crippen molar-refractivity contribution in [2.45, 2.75) is 26.8 Å². The average molecular weight is 193 g/mol. The maximum Gasteiger partial charge on any atom is 0.119 e. The zero-order valence-corrected chi connectivity index (χ0v) is 9.21. The van der Waals surface area contributed by atoms with Gasteiger partial charge in [0, 0.05) is 6.04 Å². The molecule has 0 aliphatic heterocycles. The van der Waals surface area contributed by atoms with Crippen LogP contribution in [0, 0.1) is 0 Å². The SMILES string of the molecule is CCN[C@@H](C)c1ccc(OCC)cc1. The summed E-state index contributed by atoms with van der Waals surface area (Å²) in [6.45, 7) is 8.00. The van der Waals surface area contributed by atoms with E-state index in [9.17, 15) is 0 Å². The Morgan fingerprint density at radius 2 is 1.86 bits per heavy atom. The number of benzene rings is 1. The first-order valence-electron chi connectivity index (χ1n) is 5.24. The molecule has 0 aromatic heterocycles. The summed E-state index contributed by atoms with van der Waals surface area (Å²) in [5.74, 6) is 0.944. The molecule has 0 radical (unpaired) electrons. The van der Waals surface area contributed by atoms with Crippen LogP contribution < -0.4 is 10.1 Å². The number of hydrogen-bond donors (Lipinski definition) is 1. The summed E-state index contributed by atoms with van der Waals surface area (Å²) in [5, 5.41) is 3.37. The van der Waals surface area contributed by atoms with Crippen molar-refractivity contribution in [3.8, 4) is 5.75 Å². The third-order valence-electron chi connectivity index (χ3n) is 2.20. The smallest absolute Gasteiger partial charge is 0.119 e. The van der Waals surface area contributed by atoms with Gasteiger partial charge in [-0.15, -0.1) is 0 Å². The Morgan fingerprint density at radius 3 is 2.36 bits per heavy atom. The van der Waals surface area contributed by atoms with E-state index in [-0.39, 0.29) is 0 Å². The van der Waals surface area contributed by atoms with Gasteiger partial charge in [0.1, 0.15) is 5.75 Å². The van der Waals surface area contributed by atoms with E-state index in [4.69, 9.17) is 4.74 Å². The molecule has 1 aromatic rings. The van der Waals surface area contributed by atoms with E-state index in [1.807, 2.05) is 19.1 Å². The summed E-state index contributed by atoms with van der Waals surface area (Å²) in [6.07, 6.45) is 0. The first-order chi connectivity index (χ1) is 6.77. The molecule has 0 fully saturated rings. The maximum absolute atomic E-state index is 5.38. The minimum atomic E-state index is 0.413. The molecule has 2 heteroatoms. The zero-order valence-electron chi connectivity index (χ0n) is 9.21. The highest BCUT2D eigenvalue weighted by Crippen LogP contribution is 2.17. The zero-order chi connectivity index (χ0) is 10.4. The molecular formula is C12H19NO. The Hall–Kier alpha value is -1.02. The molecule has 0 spiro atoms. The lowest BCUT2D eigenvalue weighted by molar-refractivity contribution is 0.340. The quantitative estimate of drug-likeness (QED) is 0.776. The van der Waals surface area contributed by atoms with E-state index in [1.54, 1.807) is 0 Å². The summed E-state index contributed by atoms with van der Waals surface area (Å²) in [7, 11) is 0. The normalized spacial score (nSPS) is 12.5. The van der Waals surface area contributed by atoms with Crippen molar-refractivity contribution >= 4 is 0 Å². The highest BCUT2D eigenvalue weighted by Gasteiger charge is 2.02. The van der Waals surface area contributed by atoms with Crippen LogP contribution in [0.1, 0.15) is 32.4 Å². The molecule has 78 valence electrons. The van der Waals surface area contributed by atoms with E-state index >= 15 is 0 Å². The molecule has 1 aromatic carbocycles. The minimum absolute atomic E-state index is 0.413. The lowest BCUT2D eigenvalue weighted by Crippen LogP contribution is -2.17. The van der Waals surface area contributed by atoms with E-state index in [1.165, 1.54) is 5.56 Å². The molecule has 0 heterocycles. The van der Waals surface area contributed by atoms with Crippen LogP contribution in [0.15, 0.2) is 24.3 Å². The topological polar surface area (TPSA) is 21.3 Å². The van der Waals surface area contributed by atoms with E-state index < -0.39 is 0 Å². The van der Waals surface area contributed by atoms with Crippen molar-refractivity contribution in [1.82, 2.24) is 5.32 Å². The molecular weight excluding hydrogens is 174 g/mol. The van der Waals surface area contributed by atoms with Gasteiger partial charge in [0.2, 0.25) is 0 Å². The summed E-state index contributed by atoms with van der Waals surface area (Å²) in [5.41, 5.74) is 1.30. The summed E-state index contributed by atoms with van der Waals surface area (Å²) >= 11 is 0. The molecule has 1 N–H and O–H groups in total. The van der Waals surface area contributed by atoms with Crippen LogP contribution in [-0.2, 0) is 0 Å². The Labute approximate surface area is 86.3 Å². The van der Waals surface area contributed by atoms with Crippen LogP contribution in [0.5, 0.6) is 5.75 Å². The highest BCUT2D eigenvalue weighted by atomic mass is 16.5. The van der Waals surface area contributed by atoms with Gasteiger partial charge in [-0.3, -0.25) is 0 Å². The third kappa shape index (κ3) is 3.04. The Kier molecular flexibility index (Phi) is 4.47. The van der Waals surface area contributed by atoms with Gasteiger partial charge in [0.15, 0.2) is 0 Å². The van der Waals surface area contributed by atoms with Gasteiger partial charge in [0.05, 0.1) is 6.61 Å². The predicted octanol–water partition coefficient (Wildman–Crippen LogP) is 2.76. The van der Waals surface area contributed by atoms with Gasteiger partial charge in [-0.1, -0.05) is 19.1 Å². The molecule has 0 aliphatic rings. The monoisotopic (exact) mass is 193 g/mol. The second-order valence-corrected chi connectivity index (χ2v) is 3.28. The van der Waals surface area contributed by atoms with E-state index in [0.29, 0.717) is 6.04 Å². The highest BCUT2D eigenvalue weighted by molar-refractivity contribution is 5.28. The van der Waals surface area contributed by atoms with Crippen molar-refractivity contribution in [3.05, 3.63) is 29.8 Å². The van der Waals surface area contributed by atoms with Crippen LogP contribution in [0.25, 0.3) is 0 Å². The Balaban J connectivity index is 2.62. The molecule has 2 nitrogen and oxygen atoms in total. The molecule has 1 rings (SSSR count). The van der Waals surface area contributed by atoms with Crippen molar-refractivity contribution in [1.29, 1.82) is 0 Å². The second kappa shape index (κ2) is 5.66. The fraction of sp³-hybridized carbons (Fsp3) is 0.500. The van der Waals surface area contributed by atoms with Crippen molar-refractivity contribution in [2.75, 3.05) is 13.2 Å². The first kappa shape index (κ1) is 11.1. The fourth-order valence-electron chi connectivity index (χ4n) is 1.44. The third-order valence-corrected chi connectivity index (χ3v) is 2.20. The van der Waals surface area contributed by atoms with Gasteiger partial charge in [0.25, 0.3) is 0 Å². The van der Waals surface area contributed by atoms with Gasteiger partial charge in [-0.05, 0) is 38.1 Å². The van der Waals surface area contributed by atoms with Crippen LogP contribution in [0.2, 0.25) is 0 Å². The maximum atomic E-state index is 5.38. The lowest BCUT2D eigenvalue weighted by Gasteiger charge is -2.13. The lowest BCUT2D eigenvalue weighted by atomic mass is 10.1.